The van der Waals surface area contributed by atoms with Gasteiger partial charge in [-0.25, -0.2) is 4.68 Å². The van der Waals surface area contributed by atoms with Crippen LogP contribution in [-0.2, 0) is 0 Å². The molecule has 0 spiro atoms. The van der Waals surface area contributed by atoms with Gasteiger partial charge in [-0.3, -0.25) is 9.89 Å². The SMILES string of the molecule is COc1ccccc1-c1cc(C(=O)N2CCC(n3cc(-c4ccccc4)nn3)C2)[nH]n1. The van der Waals surface area contributed by atoms with Crippen LogP contribution in [0.3, 0.4) is 0 Å². The number of carbonyl (C=O) groups excluding carboxylic acids is 1. The maximum atomic E-state index is 13.0. The van der Waals surface area contributed by atoms with E-state index in [1.165, 1.54) is 0 Å². The molecule has 1 fully saturated rings. The van der Waals surface area contributed by atoms with E-state index < -0.39 is 0 Å². The molecule has 8 nitrogen and oxygen atoms in total. The first kappa shape index (κ1) is 19.0. The Bertz CT molecular complexity index is 1200. The number of likely N-dealkylation sites (tertiary alicyclic amines) is 1. The van der Waals surface area contributed by atoms with E-state index in [4.69, 9.17) is 4.74 Å². The number of hydrogen-bond donors (Lipinski definition) is 1. The Morgan fingerprint density at radius 3 is 2.74 bits per heavy atom. The van der Waals surface area contributed by atoms with Crippen molar-refractivity contribution in [2.75, 3.05) is 20.2 Å². The first-order chi connectivity index (χ1) is 15.2. The Hall–Kier alpha value is -3.94. The highest BCUT2D eigenvalue weighted by Crippen LogP contribution is 2.29. The number of para-hydroxylation sites is 1. The number of carbonyl (C=O) groups is 1. The van der Waals surface area contributed by atoms with Crippen molar-refractivity contribution >= 4 is 5.91 Å². The molecule has 2 aromatic heterocycles. The van der Waals surface area contributed by atoms with Gasteiger partial charge < -0.3 is 9.64 Å². The van der Waals surface area contributed by atoms with Crippen molar-refractivity contribution in [3.63, 3.8) is 0 Å². The molecule has 2 aromatic carbocycles. The minimum Gasteiger partial charge on any atom is -0.496 e. The number of aromatic nitrogens is 5. The zero-order chi connectivity index (χ0) is 21.2. The first-order valence-electron chi connectivity index (χ1n) is 10.2. The van der Waals surface area contributed by atoms with Crippen LogP contribution in [0.15, 0.2) is 66.9 Å². The Morgan fingerprint density at radius 2 is 1.90 bits per heavy atom. The lowest BCUT2D eigenvalue weighted by Crippen LogP contribution is -2.29. The molecule has 8 heteroatoms. The van der Waals surface area contributed by atoms with E-state index in [0.29, 0.717) is 24.5 Å². The highest BCUT2D eigenvalue weighted by Gasteiger charge is 2.30. The molecule has 1 aliphatic heterocycles. The van der Waals surface area contributed by atoms with Crippen molar-refractivity contribution < 1.29 is 9.53 Å². The summed E-state index contributed by atoms with van der Waals surface area (Å²) in [7, 11) is 1.62. The highest BCUT2D eigenvalue weighted by atomic mass is 16.5. The maximum Gasteiger partial charge on any atom is 0.271 e. The summed E-state index contributed by atoms with van der Waals surface area (Å²) in [6.45, 7) is 1.24. The standard InChI is InChI=1S/C23H22N6O2/c1-31-22-10-6-5-9-18(22)19-13-20(25-24-19)23(30)28-12-11-17(14-28)29-15-21(26-27-29)16-7-3-2-4-8-16/h2-10,13,15,17H,11-12,14H2,1H3,(H,24,25). The molecular weight excluding hydrogens is 392 g/mol. The second-order valence-electron chi connectivity index (χ2n) is 7.51. The van der Waals surface area contributed by atoms with E-state index in [0.717, 1.165) is 29.0 Å². The topological polar surface area (TPSA) is 88.9 Å². The summed E-state index contributed by atoms with van der Waals surface area (Å²) < 4.78 is 7.27. The lowest BCUT2D eigenvalue weighted by molar-refractivity contribution is 0.0781. The van der Waals surface area contributed by atoms with Crippen LogP contribution in [0.1, 0.15) is 23.0 Å². The van der Waals surface area contributed by atoms with Gasteiger partial charge >= 0.3 is 0 Å². The van der Waals surface area contributed by atoms with Gasteiger partial charge in [0.25, 0.3) is 5.91 Å². The molecule has 1 unspecified atom stereocenters. The molecule has 3 heterocycles. The molecule has 156 valence electrons. The molecular formula is C23H22N6O2. The van der Waals surface area contributed by atoms with Crippen molar-refractivity contribution in [3.05, 3.63) is 72.6 Å². The van der Waals surface area contributed by atoms with Crippen LogP contribution in [0.2, 0.25) is 0 Å². The van der Waals surface area contributed by atoms with Gasteiger partial charge in [0.1, 0.15) is 17.1 Å². The third kappa shape index (κ3) is 3.68. The summed E-state index contributed by atoms with van der Waals surface area (Å²) in [6.07, 6.45) is 2.78. The summed E-state index contributed by atoms with van der Waals surface area (Å²) in [5.74, 6) is 0.647. The molecule has 5 rings (SSSR count). The van der Waals surface area contributed by atoms with E-state index in [9.17, 15) is 4.79 Å². The number of aromatic amines is 1. The Balaban J connectivity index is 1.29. The molecule has 4 aromatic rings. The fraction of sp³-hybridized carbons (Fsp3) is 0.217. The normalized spacial score (nSPS) is 15.9. The van der Waals surface area contributed by atoms with Crippen molar-refractivity contribution in [1.29, 1.82) is 0 Å². The number of nitrogens with zero attached hydrogens (tertiary/aromatic N) is 5. The van der Waals surface area contributed by atoms with E-state index >= 15 is 0 Å². The van der Waals surface area contributed by atoms with Crippen LogP contribution >= 0.6 is 0 Å². The first-order valence-corrected chi connectivity index (χ1v) is 10.2. The molecule has 0 bridgehead atoms. The minimum absolute atomic E-state index is 0.0699. The Kier molecular flexibility index (Phi) is 4.95. The summed E-state index contributed by atoms with van der Waals surface area (Å²) in [5.41, 5.74) is 3.85. The van der Waals surface area contributed by atoms with Crippen LogP contribution in [0.25, 0.3) is 22.5 Å². The molecule has 31 heavy (non-hydrogen) atoms. The second-order valence-corrected chi connectivity index (χ2v) is 7.51. The van der Waals surface area contributed by atoms with E-state index in [1.807, 2.05) is 70.4 Å². The number of methoxy groups -OCH3 is 1. The fourth-order valence-corrected chi connectivity index (χ4v) is 3.93. The molecule has 1 amide bonds. The van der Waals surface area contributed by atoms with Gasteiger partial charge in [-0.1, -0.05) is 47.7 Å². The Labute approximate surface area is 179 Å². The molecule has 1 aliphatic rings. The predicted molar refractivity (Wildman–Crippen MR) is 116 cm³/mol. The summed E-state index contributed by atoms with van der Waals surface area (Å²) in [5, 5.41) is 15.8. The molecule has 1 atom stereocenters. The van der Waals surface area contributed by atoms with Gasteiger partial charge in [-0.05, 0) is 24.6 Å². The summed E-state index contributed by atoms with van der Waals surface area (Å²) >= 11 is 0. The number of ether oxygens (including phenoxy) is 1. The van der Waals surface area contributed by atoms with Crippen LogP contribution < -0.4 is 4.74 Å². The van der Waals surface area contributed by atoms with E-state index in [1.54, 1.807) is 13.2 Å². The van der Waals surface area contributed by atoms with E-state index in [2.05, 4.69) is 20.5 Å². The Morgan fingerprint density at radius 1 is 1.10 bits per heavy atom. The number of nitrogens with one attached hydrogen (secondary N) is 1. The van der Waals surface area contributed by atoms with E-state index in [-0.39, 0.29) is 11.9 Å². The second kappa shape index (κ2) is 8.06. The molecule has 0 saturated carbocycles. The van der Waals surface area contributed by atoms with Crippen LogP contribution in [0.5, 0.6) is 5.75 Å². The van der Waals surface area contributed by atoms with Crippen LogP contribution in [0, 0.1) is 0 Å². The average molecular weight is 414 g/mol. The van der Waals surface area contributed by atoms with Crippen molar-refractivity contribution in [3.8, 4) is 28.3 Å². The zero-order valence-corrected chi connectivity index (χ0v) is 17.1. The van der Waals surface area contributed by atoms with Crippen molar-refractivity contribution in [1.82, 2.24) is 30.1 Å². The number of benzene rings is 2. The van der Waals surface area contributed by atoms with Gasteiger partial charge in [0.15, 0.2) is 0 Å². The third-order valence-electron chi connectivity index (χ3n) is 5.60. The van der Waals surface area contributed by atoms with Crippen molar-refractivity contribution in [2.45, 2.75) is 12.5 Å². The van der Waals surface area contributed by atoms with Gasteiger partial charge in [0, 0.05) is 24.2 Å². The third-order valence-corrected chi connectivity index (χ3v) is 5.60. The van der Waals surface area contributed by atoms with Crippen LogP contribution in [-0.4, -0.2) is 56.2 Å². The zero-order valence-electron chi connectivity index (χ0n) is 17.1. The molecule has 1 N–H and O–H groups in total. The smallest absolute Gasteiger partial charge is 0.271 e. The highest BCUT2D eigenvalue weighted by molar-refractivity contribution is 5.93. The minimum atomic E-state index is -0.0699. The molecule has 0 aliphatic carbocycles. The fourth-order valence-electron chi connectivity index (χ4n) is 3.93. The molecule has 1 saturated heterocycles. The van der Waals surface area contributed by atoms with Gasteiger partial charge in [0.05, 0.1) is 25.0 Å². The monoisotopic (exact) mass is 414 g/mol. The van der Waals surface area contributed by atoms with Gasteiger partial charge in [-0.15, -0.1) is 5.10 Å². The number of hydrogen-bond acceptors (Lipinski definition) is 5. The number of amides is 1. The largest absolute Gasteiger partial charge is 0.496 e. The van der Waals surface area contributed by atoms with Gasteiger partial charge in [-0.2, -0.15) is 5.10 Å². The number of rotatable bonds is 5. The quantitative estimate of drug-likeness (QED) is 0.540. The maximum absolute atomic E-state index is 13.0. The predicted octanol–water partition coefficient (Wildman–Crippen LogP) is 3.43. The van der Waals surface area contributed by atoms with Gasteiger partial charge in [0.2, 0.25) is 0 Å². The summed E-state index contributed by atoms with van der Waals surface area (Å²) in [6, 6.07) is 19.4. The number of H-pyrrole nitrogens is 1. The lowest BCUT2D eigenvalue weighted by atomic mass is 10.1. The summed E-state index contributed by atoms with van der Waals surface area (Å²) in [4.78, 5) is 14.9. The van der Waals surface area contributed by atoms with Crippen molar-refractivity contribution in [2.24, 2.45) is 0 Å². The lowest BCUT2D eigenvalue weighted by Gasteiger charge is -2.15. The average Bonchev–Trinajstić information content (AvgIpc) is 3.59. The molecule has 0 radical (unpaired) electrons. The van der Waals surface area contributed by atoms with Crippen LogP contribution in [0.4, 0.5) is 0 Å².